The predicted molar refractivity (Wildman–Crippen MR) is 76.2 cm³/mol. The fourth-order valence-corrected chi connectivity index (χ4v) is 3.44. The lowest BCUT2D eigenvalue weighted by Gasteiger charge is -2.38. The molecule has 0 saturated heterocycles. The number of hydrogen-bond donors (Lipinski definition) is 2. The first-order valence-corrected chi connectivity index (χ1v) is 8.48. The first-order chi connectivity index (χ1) is 9.66. The Kier molecular flexibility index (Phi) is 3.99. The number of nitrogens with one attached hydrogen (secondary N) is 1. The van der Waals surface area contributed by atoms with E-state index in [0.717, 1.165) is 18.7 Å². The van der Waals surface area contributed by atoms with Crippen LogP contribution in [0.15, 0.2) is 23.1 Å². The van der Waals surface area contributed by atoms with E-state index >= 15 is 0 Å². The van der Waals surface area contributed by atoms with E-state index in [1.54, 1.807) is 0 Å². The maximum atomic E-state index is 12.1. The molecular weight excluding hydrogens is 318 g/mol. The summed E-state index contributed by atoms with van der Waals surface area (Å²) in [7, 11) is -3.57. The monoisotopic (exact) mass is 331 g/mol. The molecule has 0 heterocycles. The van der Waals surface area contributed by atoms with Gasteiger partial charge in [-0.15, -0.1) is 0 Å². The van der Waals surface area contributed by atoms with Crippen molar-refractivity contribution in [3.05, 3.63) is 28.8 Å². The van der Waals surface area contributed by atoms with Crippen molar-refractivity contribution in [2.24, 2.45) is 0 Å². The third kappa shape index (κ3) is 3.03. The molecule has 0 radical (unpaired) electrons. The smallest absolute Gasteiger partial charge is 0.329 e. The van der Waals surface area contributed by atoms with E-state index < -0.39 is 27.3 Å². The zero-order chi connectivity index (χ0) is 15.8. The highest BCUT2D eigenvalue weighted by atomic mass is 35.5. The SMILES string of the molecule is CS(=O)(=O)c1cc(C(=O)NC2(C(=O)O)CCC2)ccc1Cl. The average Bonchev–Trinajstić information content (AvgIpc) is 2.32. The molecule has 0 aromatic heterocycles. The van der Waals surface area contributed by atoms with Crippen molar-refractivity contribution in [2.75, 3.05) is 6.26 Å². The molecule has 1 aromatic rings. The van der Waals surface area contributed by atoms with Gasteiger partial charge in [0, 0.05) is 11.8 Å². The number of hydrogen-bond acceptors (Lipinski definition) is 4. The van der Waals surface area contributed by atoms with Gasteiger partial charge in [-0.1, -0.05) is 11.6 Å². The van der Waals surface area contributed by atoms with Gasteiger partial charge in [0.2, 0.25) is 0 Å². The average molecular weight is 332 g/mol. The number of carbonyl (C=O) groups is 2. The molecule has 8 heteroatoms. The van der Waals surface area contributed by atoms with Crippen LogP contribution in [-0.2, 0) is 14.6 Å². The minimum Gasteiger partial charge on any atom is -0.480 e. The lowest BCUT2D eigenvalue weighted by atomic mass is 9.76. The van der Waals surface area contributed by atoms with Crippen molar-refractivity contribution in [2.45, 2.75) is 29.7 Å². The Bertz CT molecular complexity index is 709. The van der Waals surface area contributed by atoms with Gasteiger partial charge in [-0.2, -0.15) is 0 Å². The summed E-state index contributed by atoms with van der Waals surface area (Å²) in [5.41, 5.74) is -1.19. The van der Waals surface area contributed by atoms with Gasteiger partial charge in [-0.25, -0.2) is 13.2 Å². The van der Waals surface area contributed by atoms with Crippen molar-refractivity contribution in [1.29, 1.82) is 0 Å². The van der Waals surface area contributed by atoms with Gasteiger partial charge in [0.1, 0.15) is 5.54 Å². The van der Waals surface area contributed by atoms with Crippen LogP contribution >= 0.6 is 11.6 Å². The van der Waals surface area contributed by atoms with Gasteiger partial charge >= 0.3 is 5.97 Å². The Morgan fingerprint density at radius 3 is 2.38 bits per heavy atom. The van der Waals surface area contributed by atoms with E-state index in [0.29, 0.717) is 12.8 Å². The van der Waals surface area contributed by atoms with E-state index in [2.05, 4.69) is 5.32 Å². The number of sulfone groups is 1. The molecule has 0 bridgehead atoms. The van der Waals surface area contributed by atoms with Crippen molar-refractivity contribution in [3.63, 3.8) is 0 Å². The number of benzene rings is 1. The third-order valence-corrected chi connectivity index (χ3v) is 5.14. The van der Waals surface area contributed by atoms with Crippen LogP contribution in [0.4, 0.5) is 0 Å². The molecular formula is C13H14ClNO5S. The Morgan fingerprint density at radius 2 is 1.95 bits per heavy atom. The maximum Gasteiger partial charge on any atom is 0.329 e. The van der Waals surface area contributed by atoms with E-state index in [9.17, 15) is 23.1 Å². The van der Waals surface area contributed by atoms with Gasteiger partial charge in [0.25, 0.3) is 5.91 Å². The number of carboxylic acid groups (broad SMARTS) is 1. The van der Waals surface area contributed by atoms with Gasteiger partial charge < -0.3 is 10.4 Å². The van der Waals surface area contributed by atoms with Crippen molar-refractivity contribution in [3.8, 4) is 0 Å². The third-order valence-electron chi connectivity index (χ3n) is 3.56. The second-order valence-electron chi connectivity index (χ2n) is 5.11. The summed E-state index contributed by atoms with van der Waals surface area (Å²) >= 11 is 5.80. The lowest BCUT2D eigenvalue weighted by Crippen LogP contribution is -2.59. The highest BCUT2D eigenvalue weighted by molar-refractivity contribution is 7.90. The molecule has 1 fully saturated rings. The minimum atomic E-state index is -3.57. The molecule has 1 amide bonds. The number of carbonyl (C=O) groups excluding carboxylic acids is 1. The maximum absolute atomic E-state index is 12.1. The Morgan fingerprint density at radius 1 is 1.33 bits per heavy atom. The van der Waals surface area contributed by atoms with Crippen LogP contribution in [0.3, 0.4) is 0 Å². The second kappa shape index (κ2) is 5.31. The van der Waals surface area contributed by atoms with Gasteiger partial charge in [-0.05, 0) is 37.5 Å². The van der Waals surface area contributed by atoms with Crippen LogP contribution in [0.25, 0.3) is 0 Å². The molecule has 0 aliphatic heterocycles. The van der Waals surface area contributed by atoms with Gasteiger partial charge in [0.05, 0.1) is 9.92 Å². The van der Waals surface area contributed by atoms with Crippen LogP contribution in [-0.4, -0.2) is 37.2 Å². The van der Waals surface area contributed by atoms with Crippen LogP contribution in [0, 0.1) is 0 Å². The molecule has 0 spiro atoms. The summed E-state index contributed by atoms with van der Waals surface area (Å²) in [5.74, 6) is -1.71. The molecule has 21 heavy (non-hydrogen) atoms. The number of carboxylic acids is 1. The van der Waals surface area contributed by atoms with Crippen LogP contribution in [0.5, 0.6) is 0 Å². The predicted octanol–water partition coefficient (Wildman–Crippen LogP) is 1.48. The zero-order valence-corrected chi connectivity index (χ0v) is 12.8. The van der Waals surface area contributed by atoms with Crippen LogP contribution < -0.4 is 5.32 Å². The van der Waals surface area contributed by atoms with Crippen LogP contribution in [0.2, 0.25) is 5.02 Å². The molecule has 0 atom stereocenters. The first-order valence-electron chi connectivity index (χ1n) is 6.21. The Balaban J connectivity index is 2.31. The minimum absolute atomic E-state index is 0.0191. The summed E-state index contributed by atoms with van der Waals surface area (Å²) < 4.78 is 23.2. The first kappa shape index (κ1) is 15.8. The van der Waals surface area contributed by atoms with Gasteiger partial charge in [-0.3, -0.25) is 4.79 Å². The molecule has 6 nitrogen and oxygen atoms in total. The molecule has 0 unspecified atom stereocenters. The fourth-order valence-electron chi connectivity index (χ4n) is 2.14. The Hall–Kier alpha value is -1.60. The van der Waals surface area contributed by atoms with Crippen LogP contribution in [0.1, 0.15) is 29.6 Å². The summed E-state index contributed by atoms with van der Waals surface area (Å²) in [4.78, 5) is 23.2. The molecule has 1 aliphatic rings. The number of halogens is 1. The normalized spacial score (nSPS) is 16.9. The largest absolute Gasteiger partial charge is 0.480 e. The quantitative estimate of drug-likeness (QED) is 0.870. The topological polar surface area (TPSA) is 101 Å². The summed E-state index contributed by atoms with van der Waals surface area (Å²) in [6, 6.07) is 3.82. The number of rotatable bonds is 4. The van der Waals surface area contributed by atoms with E-state index in [4.69, 9.17) is 11.6 Å². The highest BCUT2D eigenvalue weighted by Crippen LogP contribution is 2.32. The molecule has 2 N–H and O–H groups in total. The molecule has 1 aromatic carbocycles. The number of aliphatic carboxylic acids is 1. The summed E-state index contributed by atoms with van der Waals surface area (Å²) in [6.07, 6.45) is 2.43. The van der Waals surface area contributed by atoms with Crippen molar-refractivity contribution < 1.29 is 23.1 Å². The fraction of sp³-hybridized carbons (Fsp3) is 0.385. The van der Waals surface area contributed by atoms with Crippen molar-refractivity contribution in [1.82, 2.24) is 5.32 Å². The van der Waals surface area contributed by atoms with E-state index in [1.807, 2.05) is 0 Å². The van der Waals surface area contributed by atoms with Gasteiger partial charge in [0.15, 0.2) is 9.84 Å². The number of amides is 1. The second-order valence-corrected chi connectivity index (χ2v) is 7.50. The molecule has 1 saturated carbocycles. The highest BCUT2D eigenvalue weighted by Gasteiger charge is 2.45. The van der Waals surface area contributed by atoms with E-state index in [-0.39, 0.29) is 15.5 Å². The van der Waals surface area contributed by atoms with E-state index in [1.165, 1.54) is 12.1 Å². The zero-order valence-electron chi connectivity index (χ0n) is 11.2. The van der Waals surface area contributed by atoms with Crippen molar-refractivity contribution >= 4 is 33.3 Å². The Labute approximate surface area is 127 Å². The lowest BCUT2D eigenvalue weighted by molar-refractivity contribution is -0.148. The standard InChI is InChI=1S/C13H14ClNO5S/c1-21(19,20)10-7-8(3-4-9(10)14)11(16)15-13(12(17)18)5-2-6-13/h3-4,7H,2,5-6H2,1H3,(H,15,16)(H,17,18). The summed E-state index contributed by atoms with van der Waals surface area (Å²) in [6.45, 7) is 0. The molecule has 1 aliphatic carbocycles. The summed E-state index contributed by atoms with van der Waals surface area (Å²) in [5, 5.41) is 11.7. The molecule has 114 valence electrons. The molecule has 2 rings (SSSR count).